The summed E-state index contributed by atoms with van der Waals surface area (Å²) in [6.07, 6.45) is 0. The molecular weight excluding hydrogens is 280 g/mol. The van der Waals surface area contributed by atoms with Gasteiger partial charge in [0.2, 0.25) is 0 Å². The number of nitrogens with zero attached hydrogens (tertiary/aromatic N) is 1. The molecule has 112 valence electrons. The SMILES string of the molecule is Cc1ccc(CN(C)C(=S)Nc2ccc(C(C)C)cc2)o1. The van der Waals surface area contributed by atoms with E-state index in [0.29, 0.717) is 17.6 Å². The maximum absolute atomic E-state index is 5.57. The summed E-state index contributed by atoms with van der Waals surface area (Å²) in [5.41, 5.74) is 2.33. The van der Waals surface area contributed by atoms with Gasteiger partial charge in [0.25, 0.3) is 0 Å². The van der Waals surface area contributed by atoms with Crippen LogP contribution >= 0.6 is 12.2 Å². The number of aryl methyl sites for hydroxylation is 1. The minimum absolute atomic E-state index is 0.538. The molecule has 0 unspecified atom stereocenters. The molecule has 0 bridgehead atoms. The molecule has 0 aliphatic rings. The Labute approximate surface area is 132 Å². The predicted octanol–water partition coefficient (Wildman–Crippen LogP) is 4.54. The van der Waals surface area contributed by atoms with Gasteiger partial charge in [-0.25, -0.2) is 0 Å². The number of benzene rings is 1. The summed E-state index contributed by atoms with van der Waals surface area (Å²) >= 11 is 5.42. The maximum Gasteiger partial charge on any atom is 0.173 e. The van der Waals surface area contributed by atoms with Gasteiger partial charge in [0.1, 0.15) is 11.5 Å². The van der Waals surface area contributed by atoms with E-state index in [1.54, 1.807) is 0 Å². The lowest BCUT2D eigenvalue weighted by atomic mass is 10.0. The van der Waals surface area contributed by atoms with E-state index in [9.17, 15) is 0 Å². The molecule has 1 N–H and O–H groups in total. The van der Waals surface area contributed by atoms with E-state index in [0.717, 1.165) is 17.2 Å². The molecule has 0 amide bonds. The van der Waals surface area contributed by atoms with Gasteiger partial charge in [-0.05, 0) is 54.9 Å². The fraction of sp³-hybridized carbons (Fsp3) is 0.353. The summed E-state index contributed by atoms with van der Waals surface area (Å²) in [6.45, 7) is 6.97. The van der Waals surface area contributed by atoms with Crippen LogP contribution in [0.5, 0.6) is 0 Å². The third-order valence-electron chi connectivity index (χ3n) is 3.36. The van der Waals surface area contributed by atoms with E-state index in [4.69, 9.17) is 16.6 Å². The second-order valence-corrected chi connectivity index (χ2v) is 5.96. The molecule has 3 nitrogen and oxygen atoms in total. The molecule has 0 fully saturated rings. The molecular formula is C17H22N2OS. The van der Waals surface area contributed by atoms with Crippen molar-refractivity contribution < 1.29 is 4.42 Å². The molecule has 1 aromatic heterocycles. The summed E-state index contributed by atoms with van der Waals surface area (Å²) in [7, 11) is 1.95. The van der Waals surface area contributed by atoms with Crippen LogP contribution in [0.25, 0.3) is 0 Å². The average molecular weight is 302 g/mol. The van der Waals surface area contributed by atoms with Gasteiger partial charge in [-0.1, -0.05) is 26.0 Å². The fourth-order valence-corrected chi connectivity index (χ4v) is 2.23. The van der Waals surface area contributed by atoms with Gasteiger partial charge < -0.3 is 14.6 Å². The van der Waals surface area contributed by atoms with E-state index >= 15 is 0 Å². The lowest BCUT2D eigenvalue weighted by Gasteiger charge is -2.20. The molecule has 2 aromatic rings. The number of hydrogen-bond donors (Lipinski definition) is 1. The van der Waals surface area contributed by atoms with E-state index in [-0.39, 0.29) is 0 Å². The Kier molecular flexibility index (Phi) is 5.02. The molecule has 0 aliphatic heterocycles. The molecule has 1 aromatic carbocycles. The highest BCUT2D eigenvalue weighted by atomic mass is 32.1. The number of rotatable bonds is 4. The molecule has 2 rings (SSSR count). The van der Waals surface area contributed by atoms with Gasteiger partial charge in [-0.3, -0.25) is 0 Å². The third-order valence-corrected chi connectivity index (χ3v) is 3.78. The van der Waals surface area contributed by atoms with Crippen molar-refractivity contribution in [3.05, 3.63) is 53.5 Å². The Morgan fingerprint density at radius 2 is 1.86 bits per heavy atom. The van der Waals surface area contributed by atoms with Crippen molar-refractivity contribution in [2.75, 3.05) is 12.4 Å². The van der Waals surface area contributed by atoms with Crippen LogP contribution in [-0.4, -0.2) is 17.1 Å². The van der Waals surface area contributed by atoms with Crippen LogP contribution in [-0.2, 0) is 6.54 Å². The Morgan fingerprint density at radius 1 is 1.19 bits per heavy atom. The van der Waals surface area contributed by atoms with Crippen molar-refractivity contribution in [2.45, 2.75) is 33.2 Å². The maximum atomic E-state index is 5.57. The van der Waals surface area contributed by atoms with E-state index in [1.807, 2.05) is 31.0 Å². The molecule has 0 spiro atoms. The summed E-state index contributed by atoms with van der Waals surface area (Å²) in [5, 5.41) is 3.93. The number of nitrogens with one attached hydrogen (secondary N) is 1. The van der Waals surface area contributed by atoms with Gasteiger partial charge in [0, 0.05) is 12.7 Å². The predicted molar refractivity (Wildman–Crippen MR) is 91.7 cm³/mol. The lowest BCUT2D eigenvalue weighted by Crippen LogP contribution is -2.30. The molecule has 0 radical (unpaired) electrons. The second kappa shape index (κ2) is 6.76. The highest BCUT2D eigenvalue weighted by Crippen LogP contribution is 2.17. The summed E-state index contributed by atoms with van der Waals surface area (Å²) in [6, 6.07) is 12.3. The van der Waals surface area contributed by atoms with Crippen molar-refractivity contribution >= 4 is 23.0 Å². The Hall–Kier alpha value is -1.81. The van der Waals surface area contributed by atoms with E-state index in [1.165, 1.54) is 5.56 Å². The van der Waals surface area contributed by atoms with Gasteiger partial charge in [0.05, 0.1) is 6.54 Å². The minimum Gasteiger partial charge on any atom is -0.464 e. The van der Waals surface area contributed by atoms with E-state index < -0.39 is 0 Å². The molecule has 0 aliphatic carbocycles. The first kappa shape index (κ1) is 15.6. The van der Waals surface area contributed by atoms with Crippen LogP contribution in [0, 0.1) is 6.92 Å². The highest BCUT2D eigenvalue weighted by molar-refractivity contribution is 7.80. The van der Waals surface area contributed by atoms with Crippen LogP contribution in [0.3, 0.4) is 0 Å². The Bertz CT molecular complexity index is 602. The van der Waals surface area contributed by atoms with Gasteiger partial charge >= 0.3 is 0 Å². The second-order valence-electron chi connectivity index (χ2n) is 5.58. The fourth-order valence-electron chi connectivity index (χ4n) is 2.05. The quantitative estimate of drug-likeness (QED) is 0.839. The van der Waals surface area contributed by atoms with Gasteiger partial charge in [-0.15, -0.1) is 0 Å². The molecule has 0 atom stereocenters. The molecule has 21 heavy (non-hydrogen) atoms. The highest BCUT2D eigenvalue weighted by Gasteiger charge is 2.08. The smallest absolute Gasteiger partial charge is 0.173 e. The normalized spacial score (nSPS) is 10.7. The zero-order valence-corrected chi connectivity index (χ0v) is 13.8. The van der Waals surface area contributed by atoms with Crippen LogP contribution in [0.2, 0.25) is 0 Å². The molecule has 4 heteroatoms. The van der Waals surface area contributed by atoms with Crippen molar-refractivity contribution in [1.29, 1.82) is 0 Å². The summed E-state index contributed by atoms with van der Waals surface area (Å²) in [5.74, 6) is 2.37. The van der Waals surface area contributed by atoms with Crippen LogP contribution < -0.4 is 5.32 Å². The Balaban J connectivity index is 1.93. The van der Waals surface area contributed by atoms with Gasteiger partial charge in [-0.2, -0.15) is 0 Å². The van der Waals surface area contributed by atoms with Crippen molar-refractivity contribution in [2.24, 2.45) is 0 Å². The zero-order chi connectivity index (χ0) is 15.4. The number of thiocarbonyl (C=S) groups is 1. The van der Waals surface area contributed by atoms with Crippen molar-refractivity contribution in [1.82, 2.24) is 4.90 Å². The largest absolute Gasteiger partial charge is 0.464 e. The summed E-state index contributed by atoms with van der Waals surface area (Å²) < 4.78 is 5.57. The van der Waals surface area contributed by atoms with Crippen LogP contribution in [0.15, 0.2) is 40.8 Å². The Morgan fingerprint density at radius 3 is 2.38 bits per heavy atom. The molecule has 1 heterocycles. The standard InChI is InChI=1S/C17H22N2OS/c1-12(2)14-6-8-15(9-7-14)18-17(21)19(4)11-16-10-5-13(3)20-16/h5-10,12H,11H2,1-4H3,(H,18,21). The number of anilines is 1. The monoisotopic (exact) mass is 302 g/mol. The average Bonchev–Trinajstić information content (AvgIpc) is 2.84. The van der Waals surface area contributed by atoms with Crippen LogP contribution in [0.4, 0.5) is 5.69 Å². The number of hydrogen-bond acceptors (Lipinski definition) is 2. The number of furan rings is 1. The summed E-state index contributed by atoms with van der Waals surface area (Å²) in [4.78, 5) is 1.96. The third kappa shape index (κ3) is 4.33. The topological polar surface area (TPSA) is 28.4 Å². The lowest BCUT2D eigenvalue weighted by molar-refractivity contribution is 0.403. The van der Waals surface area contributed by atoms with Crippen molar-refractivity contribution in [3.8, 4) is 0 Å². The van der Waals surface area contributed by atoms with Crippen molar-refractivity contribution in [3.63, 3.8) is 0 Å². The van der Waals surface area contributed by atoms with Gasteiger partial charge in [0.15, 0.2) is 5.11 Å². The first-order valence-corrected chi connectivity index (χ1v) is 7.54. The zero-order valence-electron chi connectivity index (χ0n) is 13.0. The first-order chi connectivity index (χ1) is 9.95. The van der Waals surface area contributed by atoms with E-state index in [2.05, 4.69) is 43.4 Å². The molecule has 0 saturated carbocycles. The van der Waals surface area contributed by atoms with Crippen LogP contribution in [0.1, 0.15) is 36.8 Å². The first-order valence-electron chi connectivity index (χ1n) is 7.13. The minimum atomic E-state index is 0.538. The molecule has 0 saturated heterocycles.